The van der Waals surface area contributed by atoms with Gasteiger partial charge in [0.15, 0.2) is 0 Å². The van der Waals surface area contributed by atoms with E-state index in [2.05, 4.69) is 5.14 Å². The molecule has 1 aromatic carbocycles. The molecule has 0 atom stereocenters. The Bertz CT molecular complexity index is 398. The molecule has 0 bridgehead atoms. The van der Waals surface area contributed by atoms with Gasteiger partial charge in [-0.1, -0.05) is 6.07 Å². The van der Waals surface area contributed by atoms with Crippen molar-refractivity contribution in [2.45, 2.75) is 0 Å². The molecule has 13 heavy (non-hydrogen) atoms. The molecule has 0 saturated heterocycles. The van der Waals surface area contributed by atoms with Crippen molar-refractivity contribution in [1.29, 1.82) is 0 Å². The highest BCUT2D eigenvalue weighted by Gasteiger charge is 2.10. The maximum atomic E-state index is 12.9. The summed E-state index contributed by atoms with van der Waals surface area (Å²) in [6, 6.07) is 3.79. The normalized spacial score (nSPS) is 11.2. The predicted molar refractivity (Wildman–Crippen MR) is 47.5 cm³/mol. The summed E-state index contributed by atoms with van der Waals surface area (Å²) in [6.45, 7) is 0. The van der Waals surface area contributed by atoms with E-state index in [0.717, 1.165) is 6.07 Å². The summed E-state index contributed by atoms with van der Waals surface area (Å²) in [5.74, 6) is -0.769. The fourth-order valence-corrected chi connectivity index (χ4v) is 1.29. The Balaban J connectivity index is 3.15. The SMILES string of the molecule is Nc1cccc(F)c1NS(N)(=O)=O. The zero-order chi connectivity index (χ0) is 10.1. The van der Waals surface area contributed by atoms with Gasteiger partial charge in [-0.2, -0.15) is 8.42 Å². The molecule has 0 spiro atoms. The number of nitrogen functional groups attached to an aromatic ring is 1. The number of benzene rings is 1. The third kappa shape index (κ3) is 2.56. The molecule has 72 valence electrons. The minimum absolute atomic E-state index is 0.0194. The van der Waals surface area contributed by atoms with Crippen molar-refractivity contribution in [2.75, 3.05) is 10.5 Å². The van der Waals surface area contributed by atoms with E-state index in [9.17, 15) is 12.8 Å². The molecule has 0 unspecified atom stereocenters. The highest BCUT2D eigenvalue weighted by atomic mass is 32.2. The zero-order valence-electron chi connectivity index (χ0n) is 6.49. The minimum atomic E-state index is -3.99. The van der Waals surface area contributed by atoms with E-state index >= 15 is 0 Å². The number of nitrogens with one attached hydrogen (secondary N) is 1. The molecule has 0 radical (unpaired) electrons. The Labute approximate surface area is 74.7 Å². The Morgan fingerprint density at radius 3 is 2.46 bits per heavy atom. The second kappa shape index (κ2) is 3.19. The van der Waals surface area contributed by atoms with Gasteiger partial charge in [0, 0.05) is 0 Å². The van der Waals surface area contributed by atoms with E-state index in [0.29, 0.717) is 0 Å². The van der Waals surface area contributed by atoms with Crippen LogP contribution in [0.5, 0.6) is 0 Å². The molecule has 0 fully saturated rings. The molecule has 0 aromatic heterocycles. The summed E-state index contributed by atoms with van der Waals surface area (Å²) in [4.78, 5) is 0. The van der Waals surface area contributed by atoms with Crippen LogP contribution in [0.2, 0.25) is 0 Å². The van der Waals surface area contributed by atoms with Crippen molar-refractivity contribution in [3.63, 3.8) is 0 Å². The van der Waals surface area contributed by atoms with Gasteiger partial charge in [-0.3, -0.25) is 4.72 Å². The lowest BCUT2D eigenvalue weighted by Crippen LogP contribution is -2.23. The molecule has 0 saturated carbocycles. The lowest BCUT2D eigenvalue weighted by molar-refractivity contribution is 0.600. The molecule has 0 aliphatic carbocycles. The molecule has 5 N–H and O–H groups in total. The lowest BCUT2D eigenvalue weighted by atomic mass is 10.3. The van der Waals surface area contributed by atoms with Crippen LogP contribution in [-0.2, 0) is 10.2 Å². The fraction of sp³-hybridized carbons (Fsp3) is 0. The van der Waals surface area contributed by atoms with E-state index in [1.165, 1.54) is 12.1 Å². The first-order chi connectivity index (χ1) is 5.90. The van der Waals surface area contributed by atoms with Crippen LogP contribution in [0, 0.1) is 5.82 Å². The van der Waals surface area contributed by atoms with Crippen molar-refractivity contribution >= 4 is 21.6 Å². The van der Waals surface area contributed by atoms with Crippen molar-refractivity contribution in [3.8, 4) is 0 Å². The third-order valence-electron chi connectivity index (χ3n) is 1.29. The highest BCUT2D eigenvalue weighted by Crippen LogP contribution is 2.21. The summed E-state index contributed by atoms with van der Waals surface area (Å²) >= 11 is 0. The highest BCUT2D eigenvalue weighted by molar-refractivity contribution is 7.90. The largest absolute Gasteiger partial charge is 0.397 e. The molecule has 1 aromatic rings. The maximum absolute atomic E-state index is 12.9. The number of rotatable bonds is 2. The number of hydrogen-bond acceptors (Lipinski definition) is 3. The van der Waals surface area contributed by atoms with Gasteiger partial charge in [-0.25, -0.2) is 9.53 Å². The Morgan fingerprint density at radius 1 is 1.38 bits per heavy atom. The molecule has 0 heterocycles. The number of hydrogen-bond donors (Lipinski definition) is 3. The standard InChI is InChI=1S/C6H8FN3O2S/c7-4-2-1-3-5(8)6(4)10-13(9,11)12/h1-3,10H,8H2,(H2,9,11,12). The van der Waals surface area contributed by atoms with Crippen LogP contribution in [-0.4, -0.2) is 8.42 Å². The van der Waals surface area contributed by atoms with Crippen LogP contribution in [0.4, 0.5) is 15.8 Å². The molecular weight excluding hydrogens is 197 g/mol. The quantitative estimate of drug-likeness (QED) is 0.594. The second-order valence-corrected chi connectivity index (χ2v) is 3.65. The second-order valence-electron chi connectivity index (χ2n) is 2.35. The predicted octanol–water partition coefficient (Wildman–Crippen LogP) is 0.0233. The first-order valence-corrected chi connectivity index (χ1v) is 4.79. The smallest absolute Gasteiger partial charge is 0.296 e. The first kappa shape index (κ1) is 9.75. The molecule has 0 amide bonds. The van der Waals surface area contributed by atoms with Gasteiger partial charge in [-0.15, -0.1) is 0 Å². The number of anilines is 2. The average molecular weight is 205 g/mol. The summed E-state index contributed by atoms with van der Waals surface area (Å²) in [6.07, 6.45) is 0. The van der Waals surface area contributed by atoms with E-state index in [4.69, 9.17) is 5.73 Å². The van der Waals surface area contributed by atoms with Gasteiger partial charge in [0.2, 0.25) is 0 Å². The topological polar surface area (TPSA) is 98.2 Å². The molecule has 0 aliphatic heterocycles. The van der Waals surface area contributed by atoms with E-state index in [1.807, 2.05) is 0 Å². The van der Waals surface area contributed by atoms with Crippen LogP contribution < -0.4 is 15.6 Å². The summed E-state index contributed by atoms with van der Waals surface area (Å²) < 4.78 is 35.8. The Kier molecular flexibility index (Phi) is 2.39. The van der Waals surface area contributed by atoms with E-state index < -0.39 is 16.0 Å². The van der Waals surface area contributed by atoms with Gasteiger partial charge >= 0.3 is 0 Å². The van der Waals surface area contributed by atoms with Crippen LogP contribution in [0.1, 0.15) is 0 Å². The summed E-state index contributed by atoms with van der Waals surface area (Å²) in [5, 5.41) is 4.64. The Hall–Kier alpha value is -1.34. The molecule has 0 aliphatic rings. The average Bonchev–Trinajstić information content (AvgIpc) is 1.95. The molecule has 7 heteroatoms. The zero-order valence-corrected chi connectivity index (χ0v) is 7.31. The Morgan fingerprint density at radius 2 is 2.00 bits per heavy atom. The maximum Gasteiger partial charge on any atom is 0.296 e. The molecule has 5 nitrogen and oxygen atoms in total. The number of nitrogens with two attached hydrogens (primary N) is 2. The van der Waals surface area contributed by atoms with Crippen LogP contribution >= 0.6 is 0 Å². The summed E-state index contributed by atoms with van der Waals surface area (Å²) in [7, 11) is -3.99. The third-order valence-corrected chi connectivity index (χ3v) is 1.78. The first-order valence-electron chi connectivity index (χ1n) is 3.24. The van der Waals surface area contributed by atoms with Crippen molar-refractivity contribution < 1.29 is 12.8 Å². The molecule has 1 rings (SSSR count). The van der Waals surface area contributed by atoms with Crippen molar-refractivity contribution in [2.24, 2.45) is 5.14 Å². The summed E-state index contributed by atoms with van der Waals surface area (Å²) in [5.41, 5.74) is 4.96. The fourth-order valence-electron chi connectivity index (χ4n) is 0.791. The van der Waals surface area contributed by atoms with E-state index in [-0.39, 0.29) is 11.4 Å². The molecular formula is C6H8FN3O2S. The lowest BCUT2D eigenvalue weighted by Gasteiger charge is -2.06. The van der Waals surface area contributed by atoms with Crippen molar-refractivity contribution in [1.82, 2.24) is 0 Å². The number of halogens is 1. The van der Waals surface area contributed by atoms with Gasteiger partial charge in [0.25, 0.3) is 10.2 Å². The van der Waals surface area contributed by atoms with E-state index in [1.54, 1.807) is 4.72 Å². The monoisotopic (exact) mass is 205 g/mol. The minimum Gasteiger partial charge on any atom is -0.397 e. The van der Waals surface area contributed by atoms with Crippen molar-refractivity contribution in [3.05, 3.63) is 24.0 Å². The van der Waals surface area contributed by atoms with Gasteiger partial charge in [-0.05, 0) is 12.1 Å². The van der Waals surface area contributed by atoms with Crippen LogP contribution in [0.3, 0.4) is 0 Å². The van der Waals surface area contributed by atoms with Gasteiger partial charge in [0.05, 0.1) is 5.69 Å². The van der Waals surface area contributed by atoms with Gasteiger partial charge < -0.3 is 5.73 Å². The van der Waals surface area contributed by atoms with Crippen LogP contribution in [0.15, 0.2) is 18.2 Å². The van der Waals surface area contributed by atoms with Gasteiger partial charge in [0.1, 0.15) is 11.5 Å². The van der Waals surface area contributed by atoms with Crippen LogP contribution in [0.25, 0.3) is 0 Å². The number of para-hydroxylation sites is 1.